The van der Waals surface area contributed by atoms with E-state index in [0.717, 1.165) is 27.2 Å². The molecule has 9 heteroatoms. The van der Waals surface area contributed by atoms with Gasteiger partial charge in [-0.1, -0.05) is 48.5 Å². The summed E-state index contributed by atoms with van der Waals surface area (Å²) in [6.45, 7) is 1.47. The minimum absolute atomic E-state index is 0.0455. The second kappa shape index (κ2) is 9.97. The zero-order valence-electron chi connectivity index (χ0n) is 18.4. The van der Waals surface area contributed by atoms with E-state index in [1.165, 1.54) is 13.8 Å². The van der Waals surface area contributed by atoms with Crippen LogP contribution in [0.15, 0.2) is 48.5 Å². The van der Waals surface area contributed by atoms with Gasteiger partial charge in [0.1, 0.15) is 6.61 Å². The van der Waals surface area contributed by atoms with Crippen LogP contribution >= 0.6 is 0 Å². The van der Waals surface area contributed by atoms with Crippen LogP contribution in [0.2, 0.25) is 0 Å². The molecule has 1 unspecified atom stereocenters. The first-order chi connectivity index (χ1) is 15.7. The molecule has 0 saturated carbocycles. The maximum atomic E-state index is 14.4. The van der Waals surface area contributed by atoms with Gasteiger partial charge in [0.2, 0.25) is 0 Å². The van der Waals surface area contributed by atoms with E-state index in [4.69, 9.17) is 9.84 Å². The summed E-state index contributed by atoms with van der Waals surface area (Å²) in [5, 5.41) is 10.8. The lowest BCUT2D eigenvalue weighted by molar-refractivity contribution is -0.159. The molecule has 176 valence electrons. The Morgan fingerprint density at radius 1 is 1.09 bits per heavy atom. The third-order valence-electron chi connectivity index (χ3n) is 5.71. The first-order valence-electron chi connectivity index (χ1n) is 10.6. The molecule has 0 aromatic heterocycles. The number of amides is 2. The minimum Gasteiger partial charge on any atom is -0.481 e. The zero-order valence-corrected chi connectivity index (χ0v) is 18.4. The number of nitrogens with zero attached hydrogens (tertiary/aromatic N) is 1. The van der Waals surface area contributed by atoms with Crippen molar-refractivity contribution >= 4 is 18.0 Å². The monoisotopic (exact) mass is 460 g/mol. The molecule has 0 radical (unpaired) electrons. The summed E-state index contributed by atoms with van der Waals surface area (Å²) in [6.07, 6.45) is -1.53. The van der Waals surface area contributed by atoms with Crippen LogP contribution in [0.3, 0.4) is 0 Å². The normalized spacial score (nSPS) is 13.6. The van der Waals surface area contributed by atoms with E-state index in [9.17, 15) is 23.2 Å². The fourth-order valence-electron chi connectivity index (χ4n) is 4.14. The summed E-state index contributed by atoms with van der Waals surface area (Å²) in [5.74, 6) is -6.88. The Bertz CT molecular complexity index is 998. The van der Waals surface area contributed by atoms with Gasteiger partial charge >= 0.3 is 18.0 Å². The number of fused-ring (bicyclic) bond motifs is 3. The predicted octanol–water partition coefficient (Wildman–Crippen LogP) is 3.87. The van der Waals surface area contributed by atoms with Gasteiger partial charge < -0.3 is 20.1 Å². The maximum absolute atomic E-state index is 14.4. The number of halogens is 2. The van der Waals surface area contributed by atoms with Crippen LogP contribution in [0, 0.1) is 0 Å². The number of hydrogen-bond donors (Lipinski definition) is 2. The number of ether oxygens (including phenoxy) is 1. The van der Waals surface area contributed by atoms with E-state index < -0.39 is 42.9 Å². The number of rotatable bonds is 9. The van der Waals surface area contributed by atoms with E-state index >= 15 is 0 Å². The standard InChI is InChI=1S/C24H26F2N2O5/c1-3-28(15(2)12-21(29)30)22(31)24(25,26)14-27-23(32)33-13-20-18-10-6-4-8-16(18)17-9-5-7-11-19(17)20/h4-11,15,20H,3,12-14H2,1-2H3,(H,27,32)(H,29,30). The summed E-state index contributed by atoms with van der Waals surface area (Å²) >= 11 is 0. The number of carboxylic acid groups (broad SMARTS) is 1. The van der Waals surface area contributed by atoms with Gasteiger partial charge in [0.05, 0.1) is 13.0 Å². The number of carbonyl (C=O) groups excluding carboxylic acids is 2. The van der Waals surface area contributed by atoms with Gasteiger partial charge in [-0.05, 0) is 36.1 Å². The maximum Gasteiger partial charge on any atom is 0.407 e. The topological polar surface area (TPSA) is 95.9 Å². The predicted molar refractivity (Wildman–Crippen MR) is 117 cm³/mol. The highest BCUT2D eigenvalue weighted by Crippen LogP contribution is 2.44. The van der Waals surface area contributed by atoms with Crippen molar-refractivity contribution in [3.63, 3.8) is 0 Å². The smallest absolute Gasteiger partial charge is 0.407 e. The van der Waals surface area contributed by atoms with E-state index in [2.05, 4.69) is 0 Å². The van der Waals surface area contributed by atoms with Gasteiger partial charge in [0, 0.05) is 18.5 Å². The number of benzene rings is 2. The molecule has 0 fully saturated rings. The second-order valence-corrected chi connectivity index (χ2v) is 7.92. The molecule has 0 heterocycles. The van der Waals surface area contributed by atoms with Crippen molar-refractivity contribution < 1.29 is 33.0 Å². The van der Waals surface area contributed by atoms with Crippen LogP contribution in [0.5, 0.6) is 0 Å². The van der Waals surface area contributed by atoms with Crippen molar-refractivity contribution in [2.45, 2.75) is 38.2 Å². The van der Waals surface area contributed by atoms with Crippen LogP contribution in [0.25, 0.3) is 11.1 Å². The molecule has 33 heavy (non-hydrogen) atoms. The highest BCUT2D eigenvalue weighted by atomic mass is 19.3. The van der Waals surface area contributed by atoms with Crippen LogP contribution in [0.4, 0.5) is 13.6 Å². The van der Waals surface area contributed by atoms with Crippen LogP contribution in [0.1, 0.15) is 37.3 Å². The third-order valence-corrected chi connectivity index (χ3v) is 5.71. The molecule has 0 aliphatic heterocycles. The molecule has 0 saturated heterocycles. The fraction of sp³-hybridized carbons (Fsp3) is 0.375. The summed E-state index contributed by atoms with van der Waals surface area (Å²) in [7, 11) is 0. The molecule has 7 nitrogen and oxygen atoms in total. The lowest BCUT2D eigenvalue weighted by Gasteiger charge is -2.30. The molecule has 2 N–H and O–H groups in total. The third kappa shape index (κ3) is 5.30. The van der Waals surface area contributed by atoms with Gasteiger partial charge in [-0.3, -0.25) is 9.59 Å². The molecule has 1 atom stereocenters. The fourth-order valence-corrected chi connectivity index (χ4v) is 4.14. The zero-order chi connectivity index (χ0) is 24.2. The lowest BCUT2D eigenvalue weighted by Crippen LogP contribution is -2.52. The molecule has 1 aliphatic carbocycles. The SMILES string of the molecule is CCN(C(=O)C(F)(F)CNC(=O)OCC1c2ccccc2-c2ccccc21)C(C)CC(=O)O. The molecule has 0 spiro atoms. The van der Waals surface area contributed by atoms with Crippen molar-refractivity contribution in [3.8, 4) is 11.1 Å². The van der Waals surface area contributed by atoms with Gasteiger partial charge in [-0.25, -0.2) is 4.79 Å². The van der Waals surface area contributed by atoms with Crippen molar-refractivity contribution in [3.05, 3.63) is 59.7 Å². The highest BCUT2D eigenvalue weighted by molar-refractivity contribution is 5.85. The molecular formula is C24H26F2N2O5. The molecule has 1 aliphatic rings. The van der Waals surface area contributed by atoms with E-state index in [-0.39, 0.29) is 19.1 Å². The summed E-state index contributed by atoms with van der Waals surface area (Å²) < 4.78 is 34.1. The summed E-state index contributed by atoms with van der Waals surface area (Å²) in [4.78, 5) is 36.0. The molecular weight excluding hydrogens is 434 g/mol. The van der Waals surface area contributed by atoms with E-state index in [1.807, 2.05) is 53.8 Å². The van der Waals surface area contributed by atoms with Crippen molar-refractivity contribution in [1.29, 1.82) is 0 Å². The lowest BCUT2D eigenvalue weighted by atomic mass is 9.98. The Hall–Kier alpha value is -3.49. The van der Waals surface area contributed by atoms with E-state index in [1.54, 1.807) is 0 Å². The molecule has 0 bridgehead atoms. The van der Waals surface area contributed by atoms with Crippen molar-refractivity contribution in [2.24, 2.45) is 0 Å². The Kier molecular flexibility index (Phi) is 7.30. The molecule has 2 aromatic carbocycles. The molecule has 3 rings (SSSR count). The number of carboxylic acids is 1. The minimum atomic E-state index is -3.91. The first kappa shape index (κ1) is 24.2. The number of carbonyl (C=O) groups is 3. The van der Waals surface area contributed by atoms with Gasteiger partial charge in [0.25, 0.3) is 5.91 Å². The van der Waals surface area contributed by atoms with Crippen molar-refractivity contribution in [1.82, 2.24) is 10.2 Å². The quantitative estimate of drug-likeness (QED) is 0.592. The molecule has 2 aromatic rings. The summed E-state index contributed by atoms with van der Waals surface area (Å²) in [6, 6.07) is 14.5. The van der Waals surface area contributed by atoms with Crippen LogP contribution in [-0.4, -0.2) is 59.6 Å². The Morgan fingerprint density at radius 3 is 2.15 bits per heavy atom. The second-order valence-electron chi connectivity index (χ2n) is 7.92. The average Bonchev–Trinajstić information content (AvgIpc) is 3.10. The van der Waals surface area contributed by atoms with Gasteiger partial charge in [-0.15, -0.1) is 0 Å². The van der Waals surface area contributed by atoms with Crippen LogP contribution < -0.4 is 5.32 Å². The number of nitrogens with one attached hydrogen (secondary N) is 1. The number of aliphatic carboxylic acids is 1. The first-order valence-corrected chi connectivity index (χ1v) is 10.6. The van der Waals surface area contributed by atoms with E-state index in [0.29, 0.717) is 0 Å². The molecule has 2 amide bonds. The van der Waals surface area contributed by atoms with Crippen LogP contribution in [-0.2, 0) is 14.3 Å². The van der Waals surface area contributed by atoms with Crippen molar-refractivity contribution in [2.75, 3.05) is 19.7 Å². The Labute approximate surface area is 190 Å². The largest absolute Gasteiger partial charge is 0.481 e. The Balaban J connectivity index is 1.59. The van der Waals surface area contributed by atoms with Gasteiger partial charge in [0.15, 0.2) is 0 Å². The number of hydrogen-bond acceptors (Lipinski definition) is 4. The summed E-state index contributed by atoms with van der Waals surface area (Å²) in [5.41, 5.74) is 4.04. The average molecular weight is 460 g/mol. The number of alkyl carbamates (subject to hydrolysis) is 1. The number of alkyl halides is 2. The van der Waals surface area contributed by atoms with Gasteiger partial charge in [-0.2, -0.15) is 8.78 Å². The Morgan fingerprint density at radius 2 is 1.64 bits per heavy atom. The highest BCUT2D eigenvalue weighted by Gasteiger charge is 2.43.